The summed E-state index contributed by atoms with van der Waals surface area (Å²) in [7, 11) is -3.95. The molecule has 0 radical (unpaired) electrons. The fourth-order valence-corrected chi connectivity index (χ4v) is 5.14. The molecule has 1 N–H and O–H groups in total. The van der Waals surface area contributed by atoms with Crippen LogP contribution >= 0.6 is 11.6 Å². The number of benzene rings is 3. The minimum Gasteiger partial charge on any atom is -0.352 e. The molecule has 1 atom stereocenters. The van der Waals surface area contributed by atoms with Gasteiger partial charge in [-0.1, -0.05) is 72.3 Å². The van der Waals surface area contributed by atoms with Gasteiger partial charge in [-0.05, 0) is 37.6 Å². The Hall–Kier alpha value is -3.43. The first kappa shape index (κ1) is 29.1. The van der Waals surface area contributed by atoms with Gasteiger partial charge in [-0.25, -0.2) is 12.8 Å². The van der Waals surface area contributed by atoms with E-state index in [-0.39, 0.29) is 35.3 Å². The van der Waals surface area contributed by atoms with Crippen molar-refractivity contribution in [3.8, 4) is 0 Å². The molecular weight excluding hydrogens is 529 g/mol. The molecule has 0 saturated heterocycles. The molecule has 0 aliphatic rings. The SMILES string of the molecule is CC(C)NC(=O)[C@@H](Cc1ccccc1)N(Cc1ccccc1F)C(=O)CN(c1ccccc1Cl)S(C)(=O)=O. The lowest BCUT2D eigenvalue weighted by molar-refractivity contribution is -0.140. The Morgan fingerprint density at radius 2 is 1.55 bits per heavy atom. The number of sulfonamides is 1. The summed E-state index contributed by atoms with van der Waals surface area (Å²) in [6, 6.07) is 20.1. The van der Waals surface area contributed by atoms with E-state index in [2.05, 4.69) is 5.32 Å². The Labute approximate surface area is 228 Å². The summed E-state index contributed by atoms with van der Waals surface area (Å²) in [5.74, 6) is -1.66. The fourth-order valence-electron chi connectivity index (χ4n) is 3.99. The van der Waals surface area contributed by atoms with Crippen LogP contribution in [0.4, 0.5) is 10.1 Å². The number of anilines is 1. The van der Waals surface area contributed by atoms with Crippen LogP contribution in [-0.4, -0.2) is 50.0 Å². The van der Waals surface area contributed by atoms with Gasteiger partial charge >= 0.3 is 0 Å². The highest BCUT2D eigenvalue weighted by molar-refractivity contribution is 7.92. The zero-order chi connectivity index (χ0) is 27.9. The van der Waals surface area contributed by atoms with Crippen molar-refractivity contribution >= 4 is 39.1 Å². The minimum atomic E-state index is -3.95. The van der Waals surface area contributed by atoms with Crippen molar-refractivity contribution in [3.63, 3.8) is 0 Å². The number of para-hydroxylation sites is 1. The molecule has 7 nitrogen and oxygen atoms in total. The molecule has 2 amide bonds. The van der Waals surface area contributed by atoms with Crippen molar-refractivity contribution in [3.05, 3.63) is 101 Å². The predicted molar refractivity (Wildman–Crippen MR) is 148 cm³/mol. The van der Waals surface area contributed by atoms with E-state index in [0.29, 0.717) is 0 Å². The first-order chi connectivity index (χ1) is 18.0. The summed E-state index contributed by atoms with van der Waals surface area (Å²) in [4.78, 5) is 28.6. The normalized spacial score (nSPS) is 12.2. The third-order valence-corrected chi connectivity index (χ3v) is 7.25. The fraction of sp³-hybridized carbons (Fsp3) is 0.286. The molecule has 0 bridgehead atoms. The van der Waals surface area contributed by atoms with E-state index < -0.39 is 40.2 Å². The standard InChI is InChI=1S/C28H31ClFN3O4S/c1-20(2)31-28(35)26(17-21-11-5-4-6-12-21)32(18-22-13-7-9-15-24(22)30)27(34)19-33(38(3,36)37)25-16-10-8-14-23(25)29/h4-16,20,26H,17-19H2,1-3H3,(H,31,35)/t26-/m1/s1. The van der Waals surface area contributed by atoms with Gasteiger partial charge in [-0.15, -0.1) is 0 Å². The smallest absolute Gasteiger partial charge is 0.244 e. The highest BCUT2D eigenvalue weighted by atomic mass is 35.5. The maximum absolute atomic E-state index is 14.7. The van der Waals surface area contributed by atoms with Gasteiger partial charge < -0.3 is 10.2 Å². The van der Waals surface area contributed by atoms with Gasteiger partial charge in [0.2, 0.25) is 21.8 Å². The molecular formula is C28H31ClFN3O4S. The molecule has 3 aromatic rings. The Bertz CT molecular complexity index is 1370. The third kappa shape index (κ3) is 7.79. The van der Waals surface area contributed by atoms with Crippen LogP contribution in [0.15, 0.2) is 78.9 Å². The second-order valence-corrected chi connectivity index (χ2v) is 11.5. The maximum Gasteiger partial charge on any atom is 0.244 e. The highest BCUT2D eigenvalue weighted by Crippen LogP contribution is 2.28. The topological polar surface area (TPSA) is 86.8 Å². The van der Waals surface area contributed by atoms with Crippen LogP contribution in [-0.2, 0) is 32.6 Å². The van der Waals surface area contributed by atoms with E-state index in [9.17, 15) is 22.4 Å². The monoisotopic (exact) mass is 559 g/mol. The second kappa shape index (κ2) is 12.9. The molecule has 0 spiro atoms. The molecule has 0 unspecified atom stereocenters. The van der Waals surface area contributed by atoms with Crippen molar-refractivity contribution in [1.82, 2.24) is 10.2 Å². The van der Waals surface area contributed by atoms with E-state index in [4.69, 9.17) is 11.6 Å². The number of nitrogens with one attached hydrogen (secondary N) is 1. The van der Waals surface area contributed by atoms with Gasteiger partial charge in [0, 0.05) is 24.6 Å². The summed E-state index contributed by atoms with van der Waals surface area (Å²) < 4.78 is 41.1. The number of amides is 2. The van der Waals surface area contributed by atoms with Crippen LogP contribution in [0.5, 0.6) is 0 Å². The lowest BCUT2D eigenvalue weighted by Gasteiger charge is -2.34. The van der Waals surface area contributed by atoms with Gasteiger partial charge in [0.25, 0.3) is 0 Å². The summed E-state index contributed by atoms with van der Waals surface area (Å²) in [6.45, 7) is 2.72. The summed E-state index contributed by atoms with van der Waals surface area (Å²) in [5.41, 5.74) is 1.11. The predicted octanol–water partition coefficient (Wildman–Crippen LogP) is 4.41. The zero-order valence-electron chi connectivity index (χ0n) is 21.5. The summed E-state index contributed by atoms with van der Waals surface area (Å²) >= 11 is 6.27. The molecule has 0 fully saturated rings. The summed E-state index contributed by atoms with van der Waals surface area (Å²) in [5, 5.41) is 2.99. The molecule has 0 saturated carbocycles. The van der Waals surface area contributed by atoms with Crippen molar-refractivity contribution in [2.45, 2.75) is 38.9 Å². The van der Waals surface area contributed by atoms with Crippen LogP contribution in [0.2, 0.25) is 5.02 Å². The van der Waals surface area contributed by atoms with Gasteiger partial charge in [0.15, 0.2) is 0 Å². The van der Waals surface area contributed by atoms with E-state index in [1.807, 2.05) is 30.3 Å². The number of rotatable bonds is 11. The van der Waals surface area contributed by atoms with E-state index in [1.54, 1.807) is 32.0 Å². The number of nitrogens with zero attached hydrogens (tertiary/aromatic N) is 2. The van der Waals surface area contributed by atoms with Gasteiger partial charge in [-0.3, -0.25) is 13.9 Å². The number of hydrogen-bond acceptors (Lipinski definition) is 4. The quantitative estimate of drug-likeness (QED) is 0.377. The highest BCUT2D eigenvalue weighted by Gasteiger charge is 2.34. The summed E-state index contributed by atoms with van der Waals surface area (Å²) in [6.07, 6.45) is 1.11. The Kier molecular flexibility index (Phi) is 9.88. The van der Waals surface area contributed by atoms with Crippen LogP contribution in [0.1, 0.15) is 25.0 Å². The van der Waals surface area contributed by atoms with Crippen molar-refractivity contribution in [2.75, 3.05) is 17.1 Å². The molecule has 0 aliphatic heterocycles. The Morgan fingerprint density at radius 3 is 2.16 bits per heavy atom. The number of carbonyl (C=O) groups excluding carboxylic acids is 2. The zero-order valence-corrected chi connectivity index (χ0v) is 23.0. The minimum absolute atomic E-state index is 0.127. The molecule has 10 heteroatoms. The van der Waals surface area contributed by atoms with Gasteiger partial charge in [0.1, 0.15) is 18.4 Å². The number of hydrogen-bond donors (Lipinski definition) is 1. The van der Waals surface area contributed by atoms with E-state index in [0.717, 1.165) is 16.1 Å². The third-order valence-electron chi connectivity index (χ3n) is 5.80. The average Bonchev–Trinajstić information content (AvgIpc) is 2.85. The molecule has 202 valence electrons. The Balaban J connectivity index is 2.08. The second-order valence-electron chi connectivity index (χ2n) is 9.20. The number of carbonyl (C=O) groups is 2. The van der Waals surface area contributed by atoms with Crippen LogP contribution in [0, 0.1) is 5.82 Å². The average molecular weight is 560 g/mol. The molecule has 38 heavy (non-hydrogen) atoms. The molecule has 3 rings (SSSR count). The first-order valence-corrected chi connectivity index (χ1v) is 14.3. The van der Waals surface area contributed by atoms with Gasteiger partial charge in [-0.2, -0.15) is 0 Å². The maximum atomic E-state index is 14.7. The molecule has 0 aliphatic carbocycles. The molecule has 3 aromatic carbocycles. The van der Waals surface area contributed by atoms with Crippen molar-refractivity contribution < 1.29 is 22.4 Å². The van der Waals surface area contributed by atoms with Crippen LogP contribution in [0.25, 0.3) is 0 Å². The Morgan fingerprint density at radius 1 is 0.947 bits per heavy atom. The largest absolute Gasteiger partial charge is 0.352 e. The number of halogens is 2. The van der Waals surface area contributed by atoms with E-state index >= 15 is 0 Å². The lowest BCUT2D eigenvalue weighted by Crippen LogP contribution is -2.54. The first-order valence-electron chi connectivity index (χ1n) is 12.1. The molecule has 0 aromatic heterocycles. The van der Waals surface area contributed by atoms with E-state index in [1.165, 1.54) is 35.2 Å². The van der Waals surface area contributed by atoms with Crippen LogP contribution < -0.4 is 9.62 Å². The van der Waals surface area contributed by atoms with Gasteiger partial charge in [0.05, 0.1) is 17.0 Å². The van der Waals surface area contributed by atoms with Crippen LogP contribution in [0.3, 0.4) is 0 Å². The lowest BCUT2D eigenvalue weighted by atomic mass is 10.0. The van der Waals surface area contributed by atoms with Crippen molar-refractivity contribution in [2.24, 2.45) is 0 Å². The van der Waals surface area contributed by atoms with Crippen molar-refractivity contribution in [1.29, 1.82) is 0 Å². The molecule has 0 heterocycles.